The summed E-state index contributed by atoms with van der Waals surface area (Å²) in [6.07, 6.45) is 4.64. The largest absolute Gasteiger partial charge is 0.314 e. The first-order chi connectivity index (χ1) is 9.09. The van der Waals surface area contributed by atoms with E-state index in [1.807, 2.05) is 6.07 Å². The molecule has 1 N–H and O–H groups in total. The van der Waals surface area contributed by atoms with E-state index in [0.29, 0.717) is 31.5 Å². The SMILES string of the molecule is CCC(C#N)S(=O)(=O)N1CCC(C2CCCN2)CC1. The summed E-state index contributed by atoms with van der Waals surface area (Å²) in [5.74, 6) is 0.594. The molecule has 2 unspecified atom stereocenters. The smallest absolute Gasteiger partial charge is 0.230 e. The maximum absolute atomic E-state index is 12.3. The highest BCUT2D eigenvalue weighted by atomic mass is 32.2. The van der Waals surface area contributed by atoms with Gasteiger partial charge in [-0.3, -0.25) is 0 Å². The maximum Gasteiger partial charge on any atom is 0.230 e. The van der Waals surface area contributed by atoms with Gasteiger partial charge >= 0.3 is 0 Å². The highest BCUT2D eigenvalue weighted by Gasteiger charge is 2.36. The summed E-state index contributed by atoms with van der Waals surface area (Å²) in [4.78, 5) is 0. The number of hydrogen-bond acceptors (Lipinski definition) is 4. The van der Waals surface area contributed by atoms with E-state index in [0.717, 1.165) is 19.4 Å². The normalized spacial score (nSPS) is 28.1. The van der Waals surface area contributed by atoms with Crippen molar-refractivity contribution in [3.05, 3.63) is 0 Å². The van der Waals surface area contributed by atoms with Gasteiger partial charge in [-0.1, -0.05) is 6.92 Å². The van der Waals surface area contributed by atoms with Crippen LogP contribution in [0.2, 0.25) is 0 Å². The molecule has 0 aromatic rings. The third-order valence-electron chi connectivity index (χ3n) is 4.40. The van der Waals surface area contributed by atoms with E-state index in [4.69, 9.17) is 5.26 Å². The van der Waals surface area contributed by atoms with E-state index in [1.54, 1.807) is 6.92 Å². The number of nitrogens with one attached hydrogen (secondary N) is 1. The van der Waals surface area contributed by atoms with Crippen molar-refractivity contribution in [2.75, 3.05) is 19.6 Å². The van der Waals surface area contributed by atoms with Gasteiger partial charge in [-0.15, -0.1) is 0 Å². The molecule has 0 saturated carbocycles. The molecule has 0 spiro atoms. The topological polar surface area (TPSA) is 73.2 Å². The molecule has 2 heterocycles. The highest BCUT2D eigenvalue weighted by molar-refractivity contribution is 7.90. The number of hydrogen-bond donors (Lipinski definition) is 1. The molecule has 6 heteroatoms. The van der Waals surface area contributed by atoms with E-state index >= 15 is 0 Å². The van der Waals surface area contributed by atoms with Crippen LogP contribution in [0.4, 0.5) is 0 Å². The van der Waals surface area contributed by atoms with Crippen LogP contribution in [0.5, 0.6) is 0 Å². The molecule has 2 aliphatic heterocycles. The van der Waals surface area contributed by atoms with Crippen LogP contribution in [0, 0.1) is 17.2 Å². The molecule has 0 aliphatic carbocycles. The summed E-state index contributed by atoms with van der Waals surface area (Å²) < 4.78 is 26.1. The first-order valence-corrected chi connectivity index (χ1v) is 8.72. The lowest BCUT2D eigenvalue weighted by Gasteiger charge is -2.34. The molecule has 2 aliphatic rings. The zero-order valence-electron chi connectivity index (χ0n) is 11.5. The summed E-state index contributed by atoms with van der Waals surface area (Å²) in [5, 5.41) is 11.6. The molecular weight excluding hydrogens is 262 g/mol. The molecule has 0 bridgehead atoms. The summed E-state index contributed by atoms with van der Waals surface area (Å²) in [7, 11) is -3.42. The monoisotopic (exact) mass is 285 g/mol. The van der Waals surface area contributed by atoms with E-state index < -0.39 is 15.3 Å². The molecule has 2 fully saturated rings. The first-order valence-electron chi connectivity index (χ1n) is 7.21. The molecule has 0 amide bonds. The quantitative estimate of drug-likeness (QED) is 0.839. The van der Waals surface area contributed by atoms with Gasteiger partial charge in [0, 0.05) is 19.1 Å². The van der Waals surface area contributed by atoms with Crippen LogP contribution in [0.3, 0.4) is 0 Å². The van der Waals surface area contributed by atoms with Crippen LogP contribution in [0.25, 0.3) is 0 Å². The Morgan fingerprint density at radius 1 is 1.37 bits per heavy atom. The number of rotatable bonds is 4. The van der Waals surface area contributed by atoms with E-state index in [9.17, 15) is 8.42 Å². The average Bonchev–Trinajstić information content (AvgIpc) is 2.94. The Morgan fingerprint density at radius 3 is 2.53 bits per heavy atom. The summed E-state index contributed by atoms with van der Waals surface area (Å²) >= 11 is 0. The predicted octanol–water partition coefficient (Wildman–Crippen LogP) is 1.08. The van der Waals surface area contributed by atoms with Gasteiger partial charge in [-0.25, -0.2) is 12.7 Å². The highest BCUT2D eigenvalue weighted by Crippen LogP contribution is 2.27. The third-order valence-corrected chi connectivity index (χ3v) is 6.64. The molecule has 0 radical (unpaired) electrons. The lowest BCUT2D eigenvalue weighted by molar-refractivity contribution is 0.233. The van der Waals surface area contributed by atoms with Crippen molar-refractivity contribution in [1.82, 2.24) is 9.62 Å². The van der Waals surface area contributed by atoms with Crippen LogP contribution < -0.4 is 5.32 Å². The fraction of sp³-hybridized carbons (Fsp3) is 0.923. The van der Waals surface area contributed by atoms with Gasteiger partial charge in [-0.05, 0) is 44.6 Å². The van der Waals surface area contributed by atoms with E-state index in [-0.39, 0.29) is 0 Å². The second-order valence-corrected chi connectivity index (χ2v) is 7.63. The Hall–Kier alpha value is -0.640. The van der Waals surface area contributed by atoms with Gasteiger partial charge < -0.3 is 5.32 Å². The predicted molar refractivity (Wildman–Crippen MR) is 73.9 cm³/mol. The van der Waals surface area contributed by atoms with Gasteiger partial charge in [0.05, 0.1) is 6.07 Å². The minimum Gasteiger partial charge on any atom is -0.314 e. The standard InChI is InChI=1S/C13H23N3O2S/c1-2-12(10-14)19(17,18)16-8-5-11(6-9-16)13-4-3-7-15-13/h11-13,15H,2-9H2,1H3. The van der Waals surface area contributed by atoms with E-state index in [2.05, 4.69) is 5.32 Å². The van der Waals surface area contributed by atoms with Crippen LogP contribution in [0.15, 0.2) is 0 Å². The van der Waals surface area contributed by atoms with Gasteiger partial charge in [0.25, 0.3) is 0 Å². The molecule has 0 aromatic carbocycles. The Morgan fingerprint density at radius 2 is 2.05 bits per heavy atom. The average molecular weight is 285 g/mol. The fourth-order valence-electron chi connectivity index (χ4n) is 3.19. The first kappa shape index (κ1) is 14.8. The lowest BCUT2D eigenvalue weighted by Crippen LogP contribution is -2.46. The lowest BCUT2D eigenvalue weighted by atomic mass is 9.89. The third kappa shape index (κ3) is 3.10. The maximum atomic E-state index is 12.3. The van der Waals surface area contributed by atoms with Crippen molar-refractivity contribution < 1.29 is 8.42 Å². The van der Waals surface area contributed by atoms with Crippen LogP contribution in [-0.2, 0) is 10.0 Å². The second kappa shape index (κ2) is 6.21. The summed E-state index contributed by atoms with van der Waals surface area (Å²) in [6, 6.07) is 2.49. The molecule has 2 rings (SSSR count). The number of nitriles is 1. The summed E-state index contributed by atoms with van der Waals surface area (Å²) in [6.45, 7) is 3.99. The number of nitrogens with zero attached hydrogens (tertiary/aromatic N) is 2. The van der Waals surface area contributed by atoms with Crippen LogP contribution in [0.1, 0.15) is 39.0 Å². The Labute approximate surface area is 116 Å². The van der Waals surface area contributed by atoms with Crippen molar-refractivity contribution in [1.29, 1.82) is 5.26 Å². The van der Waals surface area contributed by atoms with Crippen LogP contribution in [-0.4, -0.2) is 43.6 Å². The zero-order chi connectivity index (χ0) is 13.9. The van der Waals surface area contributed by atoms with Gasteiger partial charge in [0.2, 0.25) is 10.0 Å². The number of sulfonamides is 1. The molecule has 19 heavy (non-hydrogen) atoms. The van der Waals surface area contributed by atoms with Gasteiger partial charge in [-0.2, -0.15) is 5.26 Å². The van der Waals surface area contributed by atoms with Crippen LogP contribution >= 0.6 is 0 Å². The van der Waals surface area contributed by atoms with Gasteiger partial charge in [0.1, 0.15) is 0 Å². The second-order valence-electron chi connectivity index (χ2n) is 5.51. The molecule has 2 saturated heterocycles. The molecule has 2 atom stereocenters. The number of piperidine rings is 1. The molecule has 0 aromatic heterocycles. The Bertz CT molecular complexity index is 429. The molecular formula is C13H23N3O2S. The van der Waals surface area contributed by atoms with Crippen molar-refractivity contribution in [3.8, 4) is 6.07 Å². The molecule has 108 valence electrons. The Kier molecular flexibility index (Phi) is 4.82. The van der Waals surface area contributed by atoms with Crippen molar-refractivity contribution >= 4 is 10.0 Å². The fourth-order valence-corrected chi connectivity index (χ4v) is 4.83. The van der Waals surface area contributed by atoms with Crippen molar-refractivity contribution in [2.45, 2.75) is 50.3 Å². The summed E-state index contributed by atoms with van der Waals surface area (Å²) in [5.41, 5.74) is 0. The molecule has 5 nitrogen and oxygen atoms in total. The van der Waals surface area contributed by atoms with Gasteiger partial charge in [0.15, 0.2) is 5.25 Å². The van der Waals surface area contributed by atoms with E-state index in [1.165, 1.54) is 17.1 Å². The minimum atomic E-state index is -3.42. The minimum absolute atomic E-state index is 0.364. The van der Waals surface area contributed by atoms with Crippen molar-refractivity contribution in [2.24, 2.45) is 5.92 Å². The van der Waals surface area contributed by atoms with Crippen molar-refractivity contribution in [3.63, 3.8) is 0 Å². The zero-order valence-corrected chi connectivity index (χ0v) is 12.3. The Balaban J connectivity index is 1.94.